The Kier molecular flexibility index (Phi) is 6.68. The highest BCUT2D eigenvalue weighted by Gasteiger charge is 2.30. The number of hydrogen-bond acceptors (Lipinski definition) is 6. The molecule has 3 aromatic rings. The van der Waals surface area contributed by atoms with Gasteiger partial charge in [0.2, 0.25) is 0 Å². The van der Waals surface area contributed by atoms with Crippen molar-refractivity contribution in [3.8, 4) is 16.9 Å². The maximum atomic E-state index is 12.8. The number of alkyl halides is 3. The lowest BCUT2D eigenvalue weighted by Crippen LogP contribution is -2.33. The number of pyridine rings is 1. The van der Waals surface area contributed by atoms with Gasteiger partial charge >= 0.3 is 12.1 Å². The quantitative estimate of drug-likeness (QED) is 0.559. The standard InChI is InChI=1S/C21H19F3N4O3/c1-31-18-5-3-2-4-16(18)13-6-7-15(26-11-13)8-17(20(29)30)28-19-14(9-21(22,23)24)10-25-12-27-19/h2-7,10-12,17H,8-9H2,1H3,(H,29,30)(H,25,27,28). The number of halogens is 3. The number of nitrogens with zero attached hydrogens (tertiary/aromatic N) is 3. The Morgan fingerprint density at radius 2 is 1.94 bits per heavy atom. The number of nitrogens with one attached hydrogen (secondary N) is 1. The Hall–Kier alpha value is -3.69. The third-order valence-electron chi connectivity index (χ3n) is 4.44. The second-order valence-corrected chi connectivity index (χ2v) is 6.67. The summed E-state index contributed by atoms with van der Waals surface area (Å²) in [5.74, 6) is -0.749. The number of para-hydroxylation sites is 1. The fourth-order valence-electron chi connectivity index (χ4n) is 3.00. The topological polar surface area (TPSA) is 97.2 Å². The van der Waals surface area contributed by atoms with E-state index in [1.165, 1.54) is 0 Å². The van der Waals surface area contributed by atoms with Crippen LogP contribution in [0.2, 0.25) is 0 Å². The van der Waals surface area contributed by atoms with Gasteiger partial charge in [0.05, 0.1) is 13.5 Å². The molecule has 1 aromatic carbocycles. The fraction of sp³-hybridized carbons (Fsp3) is 0.238. The molecule has 7 nitrogen and oxygen atoms in total. The van der Waals surface area contributed by atoms with Crippen LogP contribution in [-0.4, -0.2) is 45.4 Å². The Morgan fingerprint density at radius 3 is 2.58 bits per heavy atom. The number of carboxylic acids is 1. The molecule has 0 saturated carbocycles. The molecule has 0 bridgehead atoms. The van der Waals surface area contributed by atoms with Crippen LogP contribution in [0.1, 0.15) is 11.3 Å². The summed E-state index contributed by atoms with van der Waals surface area (Å²) in [6.45, 7) is 0. The molecule has 0 saturated heterocycles. The summed E-state index contributed by atoms with van der Waals surface area (Å²) in [5.41, 5.74) is 1.82. The largest absolute Gasteiger partial charge is 0.496 e. The minimum absolute atomic E-state index is 0.0585. The normalized spacial score (nSPS) is 12.3. The first-order valence-corrected chi connectivity index (χ1v) is 9.20. The molecule has 0 spiro atoms. The van der Waals surface area contributed by atoms with Crippen LogP contribution < -0.4 is 10.1 Å². The number of rotatable bonds is 8. The zero-order valence-corrected chi connectivity index (χ0v) is 16.4. The fourth-order valence-corrected chi connectivity index (χ4v) is 3.00. The van der Waals surface area contributed by atoms with Crippen molar-refractivity contribution in [2.45, 2.75) is 25.1 Å². The van der Waals surface area contributed by atoms with Crippen LogP contribution in [0.3, 0.4) is 0 Å². The summed E-state index contributed by atoms with van der Waals surface area (Å²) in [7, 11) is 1.56. The Bertz CT molecular complexity index is 1040. The van der Waals surface area contributed by atoms with Gasteiger partial charge in [-0.25, -0.2) is 14.8 Å². The molecule has 2 heterocycles. The van der Waals surface area contributed by atoms with E-state index in [1.54, 1.807) is 25.4 Å². The molecule has 31 heavy (non-hydrogen) atoms. The smallest absolute Gasteiger partial charge is 0.393 e. The van der Waals surface area contributed by atoms with Gasteiger partial charge in [0.1, 0.15) is 23.9 Å². The van der Waals surface area contributed by atoms with E-state index in [4.69, 9.17) is 4.74 Å². The lowest BCUT2D eigenvalue weighted by Gasteiger charge is -2.17. The van der Waals surface area contributed by atoms with Gasteiger partial charge < -0.3 is 15.2 Å². The van der Waals surface area contributed by atoms with E-state index in [0.29, 0.717) is 11.4 Å². The molecule has 0 amide bonds. The van der Waals surface area contributed by atoms with Gasteiger partial charge in [0, 0.05) is 41.2 Å². The van der Waals surface area contributed by atoms with Crippen molar-refractivity contribution in [1.29, 1.82) is 0 Å². The molecular weight excluding hydrogens is 413 g/mol. The van der Waals surface area contributed by atoms with E-state index >= 15 is 0 Å². The molecule has 0 aliphatic heterocycles. The zero-order valence-electron chi connectivity index (χ0n) is 16.4. The SMILES string of the molecule is COc1ccccc1-c1ccc(CC(Nc2ncncc2CC(F)(F)F)C(=O)O)nc1. The molecule has 162 valence electrons. The molecule has 3 rings (SSSR count). The van der Waals surface area contributed by atoms with Gasteiger partial charge in [-0.3, -0.25) is 4.98 Å². The van der Waals surface area contributed by atoms with Crippen LogP contribution in [-0.2, 0) is 17.6 Å². The minimum Gasteiger partial charge on any atom is -0.496 e. The molecule has 0 fully saturated rings. The van der Waals surface area contributed by atoms with E-state index in [-0.39, 0.29) is 17.8 Å². The van der Waals surface area contributed by atoms with Crippen molar-refractivity contribution >= 4 is 11.8 Å². The van der Waals surface area contributed by atoms with Crippen LogP contribution >= 0.6 is 0 Å². The van der Waals surface area contributed by atoms with Crippen LogP contribution in [0.4, 0.5) is 19.0 Å². The molecule has 2 aromatic heterocycles. The van der Waals surface area contributed by atoms with E-state index in [0.717, 1.165) is 23.7 Å². The summed E-state index contributed by atoms with van der Waals surface area (Å²) in [6.07, 6.45) is -2.14. The van der Waals surface area contributed by atoms with E-state index in [2.05, 4.69) is 20.3 Å². The number of carboxylic acid groups (broad SMARTS) is 1. The van der Waals surface area contributed by atoms with Crippen molar-refractivity contribution in [2.24, 2.45) is 0 Å². The number of anilines is 1. The highest BCUT2D eigenvalue weighted by atomic mass is 19.4. The van der Waals surface area contributed by atoms with Crippen LogP contribution in [0.25, 0.3) is 11.1 Å². The number of methoxy groups -OCH3 is 1. The summed E-state index contributed by atoms with van der Waals surface area (Å²) in [5, 5.41) is 12.1. The van der Waals surface area contributed by atoms with Crippen LogP contribution in [0, 0.1) is 0 Å². The summed E-state index contributed by atoms with van der Waals surface area (Å²) < 4.78 is 43.7. The molecular formula is C21H19F3N4O3. The van der Waals surface area contributed by atoms with E-state index < -0.39 is 24.6 Å². The maximum absolute atomic E-state index is 12.8. The second kappa shape index (κ2) is 9.41. The predicted octanol–water partition coefficient (Wildman–Crippen LogP) is 3.76. The monoisotopic (exact) mass is 432 g/mol. The third kappa shape index (κ3) is 5.91. The molecule has 0 aliphatic rings. The van der Waals surface area contributed by atoms with E-state index in [9.17, 15) is 23.1 Å². The van der Waals surface area contributed by atoms with Gasteiger partial charge in [-0.1, -0.05) is 24.3 Å². The lowest BCUT2D eigenvalue weighted by atomic mass is 10.0. The van der Waals surface area contributed by atoms with Crippen molar-refractivity contribution in [1.82, 2.24) is 15.0 Å². The number of carbonyl (C=O) groups is 1. The van der Waals surface area contributed by atoms with Gasteiger partial charge in [0.25, 0.3) is 0 Å². The van der Waals surface area contributed by atoms with E-state index in [1.807, 2.05) is 24.3 Å². The van der Waals surface area contributed by atoms with Gasteiger partial charge in [0.15, 0.2) is 0 Å². The van der Waals surface area contributed by atoms with Gasteiger partial charge in [-0.15, -0.1) is 0 Å². The van der Waals surface area contributed by atoms with Crippen molar-refractivity contribution in [3.63, 3.8) is 0 Å². The molecule has 0 aliphatic carbocycles. The first-order chi connectivity index (χ1) is 14.8. The number of aromatic nitrogens is 3. The molecule has 1 unspecified atom stereocenters. The zero-order chi connectivity index (χ0) is 22.4. The number of hydrogen-bond donors (Lipinski definition) is 2. The summed E-state index contributed by atoms with van der Waals surface area (Å²) in [6, 6.07) is 9.59. The average Bonchev–Trinajstić information content (AvgIpc) is 2.74. The lowest BCUT2D eigenvalue weighted by molar-refractivity contribution is -0.137. The third-order valence-corrected chi connectivity index (χ3v) is 4.44. The maximum Gasteiger partial charge on any atom is 0.393 e. The van der Waals surface area contributed by atoms with Crippen molar-refractivity contribution < 1.29 is 27.8 Å². The molecule has 0 radical (unpaired) electrons. The number of ether oxygens (including phenoxy) is 1. The first kappa shape index (κ1) is 22.0. The summed E-state index contributed by atoms with van der Waals surface area (Å²) in [4.78, 5) is 23.4. The minimum atomic E-state index is -4.48. The van der Waals surface area contributed by atoms with Gasteiger partial charge in [-0.05, 0) is 12.1 Å². The molecule has 2 N–H and O–H groups in total. The average molecular weight is 432 g/mol. The number of benzene rings is 1. The van der Waals surface area contributed by atoms with Crippen molar-refractivity contribution in [3.05, 3.63) is 66.4 Å². The van der Waals surface area contributed by atoms with Crippen LogP contribution in [0.15, 0.2) is 55.1 Å². The van der Waals surface area contributed by atoms with Crippen LogP contribution in [0.5, 0.6) is 5.75 Å². The van der Waals surface area contributed by atoms with Crippen molar-refractivity contribution in [2.75, 3.05) is 12.4 Å². The first-order valence-electron chi connectivity index (χ1n) is 9.20. The van der Waals surface area contributed by atoms with Gasteiger partial charge in [-0.2, -0.15) is 13.2 Å². The Morgan fingerprint density at radius 1 is 1.16 bits per heavy atom. The molecule has 1 atom stereocenters. The highest BCUT2D eigenvalue weighted by molar-refractivity contribution is 5.77. The Labute approximate surface area is 176 Å². The molecule has 10 heteroatoms. The Balaban J connectivity index is 1.78. The second-order valence-electron chi connectivity index (χ2n) is 6.67. The highest BCUT2D eigenvalue weighted by Crippen LogP contribution is 2.29. The summed E-state index contributed by atoms with van der Waals surface area (Å²) >= 11 is 0. The number of aliphatic carboxylic acids is 1. The predicted molar refractivity (Wildman–Crippen MR) is 107 cm³/mol.